The minimum Gasteiger partial charge on any atom is -0.468 e. The van der Waals surface area contributed by atoms with Crippen molar-refractivity contribution in [3.8, 4) is 0 Å². The molecule has 0 atom stereocenters. The first-order chi connectivity index (χ1) is 9.03. The molecule has 0 aliphatic carbocycles. The summed E-state index contributed by atoms with van der Waals surface area (Å²) in [5.41, 5.74) is 2.17. The average molecular weight is 284 g/mol. The highest BCUT2D eigenvalue weighted by Crippen LogP contribution is 2.19. The van der Waals surface area contributed by atoms with Crippen molar-refractivity contribution in [1.82, 2.24) is 9.03 Å². The molecule has 0 unspecified atom stereocenters. The second-order valence-electron chi connectivity index (χ2n) is 4.25. The van der Waals surface area contributed by atoms with Gasteiger partial charge in [-0.15, -0.1) is 0 Å². The minimum absolute atomic E-state index is 0.326. The van der Waals surface area contributed by atoms with E-state index in [1.54, 1.807) is 0 Å². The largest absolute Gasteiger partial charge is 0.468 e. The van der Waals surface area contributed by atoms with E-state index in [0.29, 0.717) is 19.5 Å². The normalized spacial score (nSPS) is 15.8. The maximum atomic E-state index is 12.0. The molecule has 104 valence electrons. The summed E-state index contributed by atoms with van der Waals surface area (Å²) < 4.78 is 32.0. The van der Waals surface area contributed by atoms with E-state index in [4.69, 9.17) is 0 Å². The van der Waals surface area contributed by atoms with Crippen LogP contribution in [0.1, 0.15) is 11.1 Å². The van der Waals surface area contributed by atoms with Gasteiger partial charge in [-0.1, -0.05) is 24.3 Å². The van der Waals surface area contributed by atoms with Gasteiger partial charge in [0, 0.05) is 13.1 Å². The molecule has 1 aromatic rings. The van der Waals surface area contributed by atoms with E-state index in [9.17, 15) is 13.2 Å². The highest BCUT2D eigenvalue weighted by molar-refractivity contribution is 7.87. The SMILES string of the molecule is COC(=O)CNS(=O)(=O)N1CCc2ccccc2C1. The van der Waals surface area contributed by atoms with Gasteiger partial charge in [0.05, 0.1) is 7.11 Å². The summed E-state index contributed by atoms with van der Waals surface area (Å²) in [6, 6.07) is 7.74. The number of benzene rings is 1. The molecule has 0 fully saturated rings. The van der Waals surface area contributed by atoms with Gasteiger partial charge in [-0.25, -0.2) is 0 Å². The zero-order valence-corrected chi connectivity index (χ0v) is 11.4. The monoisotopic (exact) mass is 284 g/mol. The molecule has 1 aliphatic rings. The van der Waals surface area contributed by atoms with Crippen LogP contribution in [-0.4, -0.2) is 38.9 Å². The number of hydrogen-bond acceptors (Lipinski definition) is 4. The Morgan fingerprint density at radius 3 is 2.74 bits per heavy atom. The van der Waals surface area contributed by atoms with Crippen molar-refractivity contribution in [3.05, 3.63) is 35.4 Å². The Bertz CT molecular complexity index is 571. The Kier molecular flexibility index (Phi) is 4.18. The van der Waals surface area contributed by atoms with Crippen LogP contribution in [0, 0.1) is 0 Å². The molecule has 1 N–H and O–H groups in total. The molecule has 0 amide bonds. The number of fused-ring (bicyclic) bond motifs is 1. The van der Waals surface area contributed by atoms with Crippen LogP contribution in [0.25, 0.3) is 0 Å². The highest BCUT2D eigenvalue weighted by Gasteiger charge is 2.26. The molecular weight excluding hydrogens is 268 g/mol. The van der Waals surface area contributed by atoms with Crippen LogP contribution in [0.15, 0.2) is 24.3 Å². The quantitative estimate of drug-likeness (QED) is 0.793. The van der Waals surface area contributed by atoms with Crippen LogP contribution < -0.4 is 4.72 Å². The van der Waals surface area contributed by atoms with Crippen molar-refractivity contribution in [2.45, 2.75) is 13.0 Å². The lowest BCUT2D eigenvalue weighted by Crippen LogP contribution is -2.45. The average Bonchev–Trinajstić information content (AvgIpc) is 2.44. The van der Waals surface area contributed by atoms with Crippen molar-refractivity contribution >= 4 is 16.2 Å². The van der Waals surface area contributed by atoms with E-state index in [2.05, 4.69) is 9.46 Å². The van der Waals surface area contributed by atoms with Gasteiger partial charge in [-0.05, 0) is 17.5 Å². The van der Waals surface area contributed by atoms with Crippen LogP contribution in [0.5, 0.6) is 0 Å². The highest BCUT2D eigenvalue weighted by atomic mass is 32.2. The number of esters is 1. The van der Waals surface area contributed by atoms with Gasteiger partial charge < -0.3 is 4.74 Å². The molecule has 6 nitrogen and oxygen atoms in total. The van der Waals surface area contributed by atoms with Crippen LogP contribution in [0.3, 0.4) is 0 Å². The molecule has 1 aromatic carbocycles. The first-order valence-electron chi connectivity index (χ1n) is 5.91. The van der Waals surface area contributed by atoms with E-state index in [1.165, 1.54) is 17.0 Å². The van der Waals surface area contributed by atoms with Gasteiger partial charge in [-0.2, -0.15) is 17.4 Å². The molecule has 1 heterocycles. The van der Waals surface area contributed by atoms with Gasteiger partial charge in [0.15, 0.2) is 0 Å². The summed E-state index contributed by atoms with van der Waals surface area (Å²) in [4.78, 5) is 11.0. The van der Waals surface area contributed by atoms with Crippen molar-refractivity contribution in [1.29, 1.82) is 0 Å². The summed E-state index contributed by atoms with van der Waals surface area (Å²) in [7, 11) is -2.43. The number of carbonyl (C=O) groups excluding carboxylic acids is 1. The number of nitrogens with zero attached hydrogens (tertiary/aromatic N) is 1. The van der Waals surface area contributed by atoms with E-state index < -0.39 is 16.2 Å². The molecule has 0 saturated carbocycles. The molecular formula is C12H16N2O4S. The molecule has 1 aliphatic heterocycles. The third-order valence-electron chi connectivity index (χ3n) is 3.06. The summed E-state index contributed by atoms with van der Waals surface area (Å²) >= 11 is 0. The maximum Gasteiger partial charge on any atom is 0.320 e. The number of hydrogen-bond donors (Lipinski definition) is 1. The van der Waals surface area contributed by atoms with E-state index in [-0.39, 0.29) is 6.54 Å². The molecule has 0 bridgehead atoms. The van der Waals surface area contributed by atoms with E-state index in [1.807, 2.05) is 24.3 Å². The number of rotatable bonds is 4. The third-order valence-corrected chi connectivity index (χ3v) is 4.56. The van der Waals surface area contributed by atoms with Crippen molar-refractivity contribution in [3.63, 3.8) is 0 Å². The molecule has 0 spiro atoms. The summed E-state index contributed by atoms with van der Waals surface area (Å²) in [5, 5.41) is 0. The molecule has 7 heteroatoms. The predicted octanol–water partition coefficient (Wildman–Crippen LogP) is 0.0521. The Morgan fingerprint density at radius 2 is 2.05 bits per heavy atom. The van der Waals surface area contributed by atoms with Crippen LogP contribution in [-0.2, 0) is 32.7 Å². The van der Waals surface area contributed by atoms with Crippen molar-refractivity contribution in [2.75, 3.05) is 20.2 Å². The van der Waals surface area contributed by atoms with Gasteiger partial charge in [0.25, 0.3) is 10.2 Å². The topological polar surface area (TPSA) is 75.7 Å². The van der Waals surface area contributed by atoms with Crippen LogP contribution in [0.4, 0.5) is 0 Å². The number of nitrogens with one attached hydrogen (secondary N) is 1. The first-order valence-corrected chi connectivity index (χ1v) is 7.35. The van der Waals surface area contributed by atoms with Crippen molar-refractivity contribution in [2.24, 2.45) is 0 Å². The summed E-state index contributed by atoms with van der Waals surface area (Å²) in [5.74, 6) is -0.610. The Labute approximate surface area is 112 Å². The van der Waals surface area contributed by atoms with E-state index in [0.717, 1.165) is 5.56 Å². The Balaban J connectivity index is 2.05. The zero-order chi connectivity index (χ0) is 13.9. The third kappa shape index (κ3) is 3.31. The number of ether oxygens (including phenoxy) is 1. The molecule has 0 radical (unpaired) electrons. The fourth-order valence-corrected chi connectivity index (χ4v) is 3.11. The second-order valence-corrected chi connectivity index (χ2v) is 6.01. The van der Waals surface area contributed by atoms with Crippen LogP contribution in [0.2, 0.25) is 0 Å². The minimum atomic E-state index is -3.65. The second kappa shape index (κ2) is 5.68. The van der Waals surface area contributed by atoms with Crippen LogP contribution >= 0.6 is 0 Å². The lowest BCUT2D eigenvalue weighted by Gasteiger charge is -2.27. The first kappa shape index (κ1) is 14.0. The molecule has 0 saturated heterocycles. The zero-order valence-electron chi connectivity index (χ0n) is 10.6. The molecule has 0 aromatic heterocycles. The van der Waals surface area contributed by atoms with Gasteiger partial charge in [-0.3, -0.25) is 4.79 Å². The molecule has 2 rings (SSSR count). The van der Waals surface area contributed by atoms with Gasteiger partial charge in [0.1, 0.15) is 6.54 Å². The fraction of sp³-hybridized carbons (Fsp3) is 0.417. The standard InChI is InChI=1S/C12H16N2O4S/c1-18-12(15)8-13-19(16,17)14-7-6-10-4-2-3-5-11(10)9-14/h2-5,13H,6-9H2,1H3. The Hall–Kier alpha value is -1.44. The Morgan fingerprint density at radius 1 is 1.37 bits per heavy atom. The van der Waals surface area contributed by atoms with Gasteiger partial charge in [0.2, 0.25) is 0 Å². The summed E-state index contributed by atoms with van der Waals surface area (Å²) in [6.07, 6.45) is 0.676. The lowest BCUT2D eigenvalue weighted by atomic mass is 10.0. The predicted molar refractivity (Wildman–Crippen MR) is 69.5 cm³/mol. The number of methoxy groups -OCH3 is 1. The smallest absolute Gasteiger partial charge is 0.320 e. The van der Waals surface area contributed by atoms with Crippen molar-refractivity contribution < 1.29 is 17.9 Å². The summed E-state index contributed by atoms with van der Waals surface area (Å²) in [6.45, 7) is 0.386. The molecule has 19 heavy (non-hydrogen) atoms. The fourth-order valence-electron chi connectivity index (χ4n) is 1.99. The maximum absolute atomic E-state index is 12.0. The lowest BCUT2D eigenvalue weighted by molar-refractivity contribution is -0.139. The number of carbonyl (C=O) groups is 1. The van der Waals surface area contributed by atoms with Gasteiger partial charge >= 0.3 is 5.97 Å². The van der Waals surface area contributed by atoms with E-state index >= 15 is 0 Å².